The molecule has 2 aromatic rings. The first kappa shape index (κ1) is 36.8. The maximum Gasteiger partial charge on any atom is 0.361 e. The van der Waals surface area contributed by atoms with Gasteiger partial charge in [0.2, 0.25) is 19.5 Å². The summed E-state index contributed by atoms with van der Waals surface area (Å²) in [6.07, 6.45) is 5.49. The molecule has 0 saturated heterocycles. The average Bonchev–Trinajstić information content (AvgIpc) is 3.57. The number of hydrogen-bond acceptors (Lipinski definition) is 14. The standard InChI is InChI=1S/C22H34N5O8P.C5H8O3/c1-20(2,3)17(28)31-12-34-36(30,35-13-32-18(29)21(4,5)6)14-33-22(7-8-22)10-27-11-25-15-9-24-19(23)26-16(15)27;1-4(6)2-3-5(7)8/h9,11H,7-8,10,12-14H2,1-6H3,(H2,23,24,26);2-4,6H,1H3,(H,7,8)/b;3-2-. The smallest absolute Gasteiger partial charge is 0.361 e. The van der Waals surface area contributed by atoms with Crippen molar-refractivity contribution in [3.05, 3.63) is 24.7 Å². The summed E-state index contributed by atoms with van der Waals surface area (Å²) in [7, 11) is -3.99. The van der Waals surface area contributed by atoms with Gasteiger partial charge in [0.25, 0.3) is 0 Å². The highest BCUT2D eigenvalue weighted by molar-refractivity contribution is 7.53. The van der Waals surface area contributed by atoms with Crippen LogP contribution in [0.4, 0.5) is 5.95 Å². The lowest BCUT2D eigenvalue weighted by Crippen LogP contribution is -2.26. The van der Waals surface area contributed by atoms with Gasteiger partial charge in [-0.2, -0.15) is 4.98 Å². The zero-order chi connectivity index (χ0) is 33.3. The molecule has 1 fully saturated rings. The van der Waals surface area contributed by atoms with E-state index in [0.29, 0.717) is 30.6 Å². The van der Waals surface area contributed by atoms with Gasteiger partial charge in [0.05, 0.1) is 41.6 Å². The lowest BCUT2D eigenvalue weighted by atomic mass is 9.98. The minimum absolute atomic E-state index is 0.121. The SMILES string of the molecule is CC(C)(C)C(=O)OCOP(=O)(COC1(Cn2cnc3cnc(N)nc32)CC1)OCOC(=O)C(C)(C)C.CC(O)/C=C\C(=O)O. The average molecular weight is 644 g/mol. The molecule has 44 heavy (non-hydrogen) atoms. The van der Waals surface area contributed by atoms with E-state index in [4.69, 9.17) is 39.2 Å². The van der Waals surface area contributed by atoms with E-state index in [9.17, 15) is 18.9 Å². The number of carbonyl (C=O) groups excluding carboxylic acids is 2. The minimum atomic E-state index is -3.99. The summed E-state index contributed by atoms with van der Waals surface area (Å²) in [5, 5.41) is 16.4. The van der Waals surface area contributed by atoms with Crippen LogP contribution < -0.4 is 5.73 Å². The van der Waals surface area contributed by atoms with E-state index < -0.39 is 68.0 Å². The molecule has 0 amide bonds. The molecule has 0 aromatic carbocycles. The molecule has 0 spiro atoms. The molecular weight excluding hydrogens is 601 g/mol. The van der Waals surface area contributed by atoms with E-state index in [1.807, 2.05) is 0 Å². The zero-order valence-corrected chi connectivity index (χ0v) is 26.9. The third-order valence-corrected chi connectivity index (χ3v) is 7.24. The number of aliphatic hydroxyl groups is 1. The Morgan fingerprint density at radius 2 is 1.61 bits per heavy atom. The first-order valence-electron chi connectivity index (χ1n) is 13.6. The summed E-state index contributed by atoms with van der Waals surface area (Å²) in [5.41, 5.74) is 4.64. The topological polar surface area (TPSA) is 225 Å². The number of imidazole rings is 1. The summed E-state index contributed by atoms with van der Waals surface area (Å²) in [5.74, 6) is -2.00. The summed E-state index contributed by atoms with van der Waals surface area (Å²) >= 11 is 0. The summed E-state index contributed by atoms with van der Waals surface area (Å²) in [4.78, 5) is 46.2. The number of esters is 2. The monoisotopic (exact) mass is 643 g/mol. The fourth-order valence-corrected chi connectivity index (χ4v) is 4.17. The molecule has 1 aliphatic rings. The molecule has 246 valence electrons. The number of hydrogen-bond donors (Lipinski definition) is 3. The van der Waals surface area contributed by atoms with E-state index >= 15 is 0 Å². The Labute approximate surface area is 255 Å². The fourth-order valence-electron chi connectivity index (χ4n) is 3.09. The van der Waals surface area contributed by atoms with Crippen molar-refractivity contribution in [2.75, 3.05) is 25.7 Å². The highest BCUT2D eigenvalue weighted by Crippen LogP contribution is 2.52. The van der Waals surface area contributed by atoms with Crippen LogP contribution in [0.2, 0.25) is 0 Å². The molecule has 3 rings (SSSR count). The highest BCUT2D eigenvalue weighted by atomic mass is 31.2. The van der Waals surface area contributed by atoms with Crippen molar-refractivity contribution >= 4 is 42.6 Å². The fraction of sp³-hybridized carbons (Fsp3) is 0.630. The summed E-state index contributed by atoms with van der Waals surface area (Å²) in [6, 6.07) is 0. The minimum Gasteiger partial charge on any atom is -0.478 e. The number of aliphatic carboxylic acids is 1. The predicted molar refractivity (Wildman–Crippen MR) is 157 cm³/mol. The molecule has 0 radical (unpaired) electrons. The molecule has 16 nitrogen and oxygen atoms in total. The largest absolute Gasteiger partial charge is 0.478 e. The van der Waals surface area contributed by atoms with Gasteiger partial charge in [-0.25, -0.2) is 14.8 Å². The van der Waals surface area contributed by atoms with Crippen LogP contribution in [0.3, 0.4) is 0 Å². The third kappa shape index (κ3) is 12.3. The molecule has 17 heteroatoms. The Kier molecular flexibility index (Phi) is 12.6. The van der Waals surface area contributed by atoms with Crippen molar-refractivity contribution in [1.29, 1.82) is 0 Å². The van der Waals surface area contributed by atoms with Crippen LogP contribution in [-0.4, -0.2) is 79.3 Å². The summed E-state index contributed by atoms with van der Waals surface area (Å²) in [6.45, 7) is 10.7. The van der Waals surface area contributed by atoms with Crippen LogP contribution in [0.5, 0.6) is 0 Å². The molecular formula is C27H42N5O11P. The molecule has 1 saturated carbocycles. The van der Waals surface area contributed by atoms with Gasteiger partial charge in [-0.05, 0) is 67.4 Å². The van der Waals surface area contributed by atoms with Gasteiger partial charge in [-0.3, -0.25) is 23.2 Å². The predicted octanol–water partition coefficient (Wildman–Crippen LogP) is 3.24. The Morgan fingerprint density at radius 1 is 1.07 bits per heavy atom. The van der Waals surface area contributed by atoms with Crippen molar-refractivity contribution in [1.82, 2.24) is 19.5 Å². The molecule has 0 bridgehead atoms. The van der Waals surface area contributed by atoms with Gasteiger partial charge in [-0.15, -0.1) is 0 Å². The van der Waals surface area contributed by atoms with E-state index in [1.165, 1.54) is 19.2 Å². The number of anilines is 1. The van der Waals surface area contributed by atoms with Crippen LogP contribution in [0.15, 0.2) is 24.7 Å². The van der Waals surface area contributed by atoms with E-state index in [1.54, 1.807) is 52.4 Å². The van der Waals surface area contributed by atoms with Crippen molar-refractivity contribution in [2.45, 2.75) is 79.6 Å². The van der Waals surface area contributed by atoms with Crippen LogP contribution in [0.1, 0.15) is 61.3 Å². The second kappa shape index (κ2) is 15.0. The normalized spacial score (nSPS) is 15.4. The third-order valence-electron chi connectivity index (χ3n) is 5.79. The number of aliphatic hydroxyl groups excluding tert-OH is 1. The number of carboxylic acids is 1. The molecule has 1 atom stereocenters. The van der Waals surface area contributed by atoms with Crippen molar-refractivity contribution in [3.63, 3.8) is 0 Å². The number of nitrogens with zero attached hydrogens (tertiary/aromatic N) is 4. The van der Waals surface area contributed by atoms with E-state index in [2.05, 4.69) is 15.0 Å². The van der Waals surface area contributed by atoms with Crippen molar-refractivity contribution < 1.29 is 52.4 Å². The Morgan fingerprint density at radius 3 is 2.05 bits per heavy atom. The van der Waals surface area contributed by atoms with Crippen LogP contribution in [0.25, 0.3) is 11.2 Å². The number of nitrogen functional groups attached to an aromatic ring is 1. The molecule has 1 unspecified atom stereocenters. The molecule has 0 aliphatic heterocycles. The van der Waals surface area contributed by atoms with Crippen molar-refractivity contribution in [3.8, 4) is 0 Å². The van der Waals surface area contributed by atoms with Crippen LogP contribution >= 0.6 is 7.60 Å². The highest BCUT2D eigenvalue weighted by Gasteiger charge is 2.47. The Hall–Kier alpha value is -3.43. The second-order valence-corrected chi connectivity index (χ2v) is 14.2. The lowest BCUT2D eigenvalue weighted by molar-refractivity contribution is -0.162. The van der Waals surface area contributed by atoms with Crippen LogP contribution in [-0.2, 0) is 48.8 Å². The number of rotatable bonds is 13. The molecule has 4 N–H and O–H groups in total. The Bertz CT molecular complexity index is 1340. The number of ether oxygens (including phenoxy) is 3. The van der Waals surface area contributed by atoms with E-state index in [0.717, 1.165) is 6.08 Å². The summed E-state index contributed by atoms with van der Waals surface area (Å²) < 4.78 is 41.9. The number of aromatic nitrogens is 4. The van der Waals surface area contributed by atoms with Gasteiger partial charge in [-0.1, -0.05) is 0 Å². The molecule has 2 heterocycles. The van der Waals surface area contributed by atoms with Gasteiger partial charge in [0.1, 0.15) is 11.9 Å². The number of fused-ring (bicyclic) bond motifs is 1. The Balaban J connectivity index is 0.000000742. The van der Waals surface area contributed by atoms with Gasteiger partial charge in [0.15, 0.2) is 5.65 Å². The van der Waals surface area contributed by atoms with Gasteiger partial charge < -0.3 is 34.7 Å². The van der Waals surface area contributed by atoms with Gasteiger partial charge >= 0.3 is 25.5 Å². The molecule has 1 aliphatic carbocycles. The van der Waals surface area contributed by atoms with Crippen molar-refractivity contribution in [2.24, 2.45) is 10.8 Å². The number of carbonyl (C=O) groups is 3. The quantitative estimate of drug-likeness (QED) is 0.123. The number of nitrogens with two attached hydrogens (primary N) is 1. The van der Waals surface area contributed by atoms with Crippen LogP contribution in [0, 0.1) is 10.8 Å². The zero-order valence-electron chi connectivity index (χ0n) is 26.0. The van der Waals surface area contributed by atoms with E-state index in [-0.39, 0.29) is 5.95 Å². The number of carboxylic acid groups (broad SMARTS) is 1. The van der Waals surface area contributed by atoms with Gasteiger partial charge in [0, 0.05) is 6.08 Å². The first-order valence-corrected chi connectivity index (χ1v) is 15.4. The maximum absolute atomic E-state index is 13.4. The second-order valence-electron chi connectivity index (χ2n) is 12.2. The first-order chi connectivity index (χ1) is 20.3. The maximum atomic E-state index is 13.4. The lowest BCUT2D eigenvalue weighted by Gasteiger charge is -2.24. The molecule has 2 aromatic heterocycles.